The number of para-hydroxylation sites is 1. The van der Waals surface area contributed by atoms with Gasteiger partial charge in [0.2, 0.25) is 5.91 Å². The van der Waals surface area contributed by atoms with Crippen LogP contribution in [0.5, 0.6) is 11.8 Å². The second-order valence-electron chi connectivity index (χ2n) is 5.98. The Hall–Kier alpha value is -3.72. The number of tetrazole rings is 1. The van der Waals surface area contributed by atoms with E-state index < -0.39 is 6.04 Å². The van der Waals surface area contributed by atoms with Gasteiger partial charge in [0.1, 0.15) is 5.75 Å². The maximum Gasteiger partial charge on any atom is 0.361 e. The number of hydrogen-bond acceptors (Lipinski definition) is 6. The third-order valence-corrected chi connectivity index (χ3v) is 4.11. The summed E-state index contributed by atoms with van der Waals surface area (Å²) in [6, 6.07) is 14.2. The lowest BCUT2D eigenvalue weighted by atomic mass is 10.0. The number of nitrogens with two attached hydrogens (primary N) is 1. The van der Waals surface area contributed by atoms with Crippen molar-refractivity contribution >= 4 is 22.5 Å². The van der Waals surface area contributed by atoms with Gasteiger partial charge in [-0.15, -0.1) is 0 Å². The number of aromatic amines is 2. The van der Waals surface area contributed by atoms with Gasteiger partial charge in [-0.05, 0) is 47.5 Å². The summed E-state index contributed by atoms with van der Waals surface area (Å²) in [6.45, 7) is 0. The summed E-state index contributed by atoms with van der Waals surface area (Å²) in [7, 11) is 0. The van der Waals surface area contributed by atoms with Gasteiger partial charge in [-0.2, -0.15) is 5.21 Å². The first-order valence-electron chi connectivity index (χ1n) is 8.32. The molecular weight excluding hydrogens is 346 g/mol. The van der Waals surface area contributed by atoms with E-state index in [1.165, 1.54) is 0 Å². The monoisotopic (exact) mass is 363 g/mol. The minimum Gasteiger partial charge on any atom is -0.422 e. The van der Waals surface area contributed by atoms with Crippen LogP contribution in [0.3, 0.4) is 0 Å². The molecule has 9 nitrogen and oxygen atoms in total. The SMILES string of the molecule is N[C@@H](Cc1c[nH]c2ccccc12)C(=O)Nc1ccc(Oc2nn[nH]n2)cc1. The van der Waals surface area contributed by atoms with Crippen molar-refractivity contribution in [1.82, 2.24) is 25.6 Å². The fraction of sp³-hybridized carbons (Fsp3) is 0.111. The van der Waals surface area contributed by atoms with E-state index in [0.717, 1.165) is 16.5 Å². The maximum atomic E-state index is 12.4. The molecule has 0 aliphatic carbocycles. The molecule has 0 aliphatic rings. The van der Waals surface area contributed by atoms with Gasteiger partial charge in [-0.3, -0.25) is 4.79 Å². The number of aromatic nitrogens is 5. The first-order valence-corrected chi connectivity index (χ1v) is 8.32. The molecule has 27 heavy (non-hydrogen) atoms. The third-order valence-electron chi connectivity index (χ3n) is 4.11. The molecule has 4 aromatic rings. The Morgan fingerprint density at radius 2 is 2.00 bits per heavy atom. The second-order valence-corrected chi connectivity index (χ2v) is 5.98. The van der Waals surface area contributed by atoms with Crippen LogP contribution >= 0.6 is 0 Å². The van der Waals surface area contributed by atoms with Gasteiger partial charge in [0.15, 0.2) is 0 Å². The number of nitrogens with zero attached hydrogens (tertiary/aromatic N) is 3. The van der Waals surface area contributed by atoms with Crippen LogP contribution in [0.25, 0.3) is 10.9 Å². The number of amides is 1. The normalized spacial score (nSPS) is 12.0. The molecule has 0 radical (unpaired) electrons. The standard InChI is InChI=1S/C18H17N7O2/c19-15(9-11-10-20-16-4-2-1-3-14(11)16)17(26)21-12-5-7-13(8-6-12)27-18-22-24-25-23-18/h1-8,10,15,20H,9,19H2,(H,21,26)(H,22,23,24,25)/t15-/m0/s1. The Morgan fingerprint density at radius 3 is 2.78 bits per heavy atom. The molecular formula is C18H17N7O2. The van der Waals surface area contributed by atoms with Gasteiger partial charge in [-0.25, -0.2) is 0 Å². The van der Waals surface area contributed by atoms with Crippen molar-refractivity contribution in [2.24, 2.45) is 5.73 Å². The van der Waals surface area contributed by atoms with Gasteiger partial charge in [-0.1, -0.05) is 28.4 Å². The molecule has 0 saturated carbocycles. The quantitative estimate of drug-likeness (QED) is 0.414. The second kappa shape index (κ2) is 7.26. The molecule has 9 heteroatoms. The van der Waals surface area contributed by atoms with Crippen LogP contribution in [0.4, 0.5) is 5.69 Å². The Kier molecular flexibility index (Phi) is 4.50. The summed E-state index contributed by atoms with van der Waals surface area (Å²) >= 11 is 0. The van der Waals surface area contributed by atoms with Gasteiger partial charge in [0.05, 0.1) is 6.04 Å². The number of benzene rings is 2. The summed E-state index contributed by atoms with van der Waals surface area (Å²) in [5.74, 6) is 0.268. The number of ether oxygens (including phenoxy) is 1. The molecule has 0 unspecified atom stereocenters. The van der Waals surface area contributed by atoms with Crippen LogP contribution in [0.2, 0.25) is 0 Å². The number of carbonyl (C=O) groups is 1. The Balaban J connectivity index is 1.38. The Bertz CT molecular complexity index is 1040. The van der Waals surface area contributed by atoms with E-state index in [2.05, 4.69) is 30.9 Å². The van der Waals surface area contributed by atoms with Crippen molar-refractivity contribution in [1.29, 1.82) is 0 Å². The van der Waals surface area contributed by atoms with Crippen molar-refractivity contribution in [2.75, 3.05) is 5.32 Å². The van der Waals surface area contributed by atoms with Crippen LogP contribution in [0.1, 0.15) is 5.56 Å². The molecule has 0 bridgehead atoms. The molecule has 2 aromatic heterocycles. The van der Waals surface area contributed by atoms with E-state index in [-0.39, 0.29) is 11.9 Å². The van der Waals surface area contributed by atoms with E-state index in [0.29, 0.717) is 17.9 Å². The number of carbonyl (C=O) groups excluding carboxylic acids is 1. The lowest BCUT2D eigenvalue weighted by molar-refractivity contribution is -0.117. The number of nitrogens with one attached hydrogen (secondary N) is 3. The van der Waals surface area contributed by atoms with Gasteiger partial charge < -0.3 is 20.8 Å². The summed E-state index contributed by atoms with van der Waals surface area (Å²) < 4.78 is 5.38. The van der Waals surface area contributed by atoms with E-state index in [4.69, 9.17) is 10.5 Å². The highest BCUT2D eigenvalue weighted by Crippen LogP contribution is 2.21. The summed E-state index contributed by atoms with van der Waals surface area (Å²) in [5.41, 5.74) is 8.75. The average Bonchev–Trinajstić information content (AvgIpc) is 3.34. The number of hydrogen-bond donors (Lipinski definition) is 4. The Labute approximate surface area is 153 Å². The highest BCUT2D eigenvalue weighted by Gasteiger charge is 2.16. The van der Waals surface area contributed by atoms with Crippen molar-refractivity contribution in [3.05, 3.63) is 60.3 Å². The Morgan fingerprint density at radius 1 is 1.19 bits per heavy atom. The van der Waals surface area contributed by atoms with Crippen LogP contribution < -0.4 is 15.8 Å². The van der Waals surface area contributed by atoms with Crippen LogP contribution in [0.15, 0.2) is 54.7 Å². The highest BCUT2D eigenvalue weighted by atomic mass is 16.5. The largest absolute Gasteiger partial charge is 0.422 e. The molecule has 0 aliphatic heterocycles. The molecule has 5 N–H and O–H groups in total. The van der Waals surface area contributed by atoms with Crippen LogP contribution in [-0.4, -0.2) is 37.6 Å². The predicted octanol–water partition coefficient (Wildman–Crippen LogP) is 1.98. The van der Waals surface area contributed by atoms with E-state index in [1.54, 1.807) is 24.3 Å². The molecule has 1 amide bonds. The minimum absolute atomic E-state index is 0.118. The number of anilines is 1. The summed E-state index contributed by atoms with van der Waals surface area (Å²) in [4.78, 5) is 15.6. The average molecular weight is 363 g/mol. The molecule has 0 spiro atoms. The zero-order chi connectivity index (χ0) is 18.6. The van der Waals surface area contributed by atoms with E-state index in [9.17, 15) is 4.79 Å². The molecule has 2 aromatic carbocycles. The minimum atomic E-state index is -0.667. The molecule has 1 atom stereocenters. The number of fused-ring (bicyclic) bond motifs is 1. The smallest absolute Gasteiger partial charge is 0.361 e. The number of rotatable bonds is 6. The predicted molar refractivity (Wildman–Crippen MR) is 99.3 cm³/mol. The van der Waals surface area contributed by atoms with Crippen LogP contribution in [0, 0.1) is 0 Å². The first-order chi connectivity index (χ1) is 13.2. The maximum absolute atomic E-state index is 12.4. The van der Waals surface area contributed by atoms with Gasteiger partial charge >= 0.3 is 6.01 Å². The van der Waals surface area contributed by atoms with Crippen molar-refractivity contribution < 1.29 is 9.53 Å². The zero-order valence-corrected chi connectivity index (χ0v) is 14.2. The van der Waals surface area contributed by atoms with Crippen LogP contribution in [-0.2, 0) is 11.2 Å². The fourth-order valence-electron chi connectivity index (χ4n) is 2.77. The number of H-pyrrole nitrogens is 2. The highest BCUT2D eigenvalue weighted by molar-refractivity contribution is 5.95. The lowest BCUT2D eigenvalue weighted by Gasteiger charge is -2.12. The van der Waals surface area contributed by atoms with Crippen molar-refractivity contribution in [2.45, 2.75) is 12.5 Å². The van der Waals surface area contributed by atoms with Gasteiger partial charge in [0.25, 0.3) is 0 Å². The molecule has 2 heterocycles. The molecule has 136 valence electrons. The van der Waals surface area contributed by atoms with Crippen molar-refractivity contribution in [3.8, 4) is 11.8 Å². The zero-order valence-electron chi connectivity index (χ0n) is 14.2. The molecule has 0 saturated heterocycles. The van der Waals surface area contributed by atoms with Crippen molar-refractivity contribution in [3.63, 3.8) is 0 Å². The summed E-state index contributed by atoms with van der Waals surface area (Å²) in [6.07, 6.45) is 2.33. The fourth-order valence-corrected chi connectivity index (χ4v) is 2.77. The molecule has 4 rings (SSSR count). The lowest BCUT2D eigenvalue weighted by Crippen LogP contribution is -2.37. The van der Waals surface area contributed by atoms with E-state index in [1.807, 2.05) is 30.5 Å². The van der Waals surface area contributed by atoms with Gasteiger partial charge in [0, 0.05) is 22.8 Å². The molecule has 0 fully saturated rings. The first kappa shape index (κ1) is 16.7. The third kappa shape index (κ3) is 3.77. The van der Waals surface area contributed by atoms with E-state index >= 15 is 0 Å². The summed E-state index contributed by atoms with van der Waals surface area (Å²) in [5, 5.41) is 17.0. The topological polar surface area (TPSA) is 135 Å².